The summed E-state index contributed by atoms with van der Waals surface area (Å²) < 4.78 is 39.0. The second-order valence-corrected chi connectivity index (χ2v) is 16.0. The summed E-state index contributed by atoms with van der Waals surface area (Å²) >= 11 is 0. The van der Waals surface area contributed by atoms with Crippen LogP contribution in [0.25, 0.3) is 10.8 Å². The first kappa shape index (κ1) is 37.3. The smallest absolute Gasteiger partial charge is 0.405 e. The molecule has 0 unspecified atom stereocenters. The second kappa shape index (κ2) is 14.0. The van der Waals surface area contributed by atoms with Crippen molar-refractivity contribution in [3.8, 4) is 11.6 Å². The minimum Gasteiger partial charge on any atom is -0.497 e. The van der Waals surface area contributed by atoms with Gasteiger partial charge in [-0.05, 0) is 68.8 Å². The summed E-state index contributed by atoms with van der Waals surface area (Å²) in [6.07, 6.45) is 2.69. The number of ether oxygens (including phenoxy) is 2. The molecule has 3 fully saturated rings. The molecule has 2 aromatic rings. The van der Waals surface area contributed by atoms with Crippen molar-refractivity contribution in [3.63, 3.8) is 0 Å². The minimum atomic E-state index is -3.95. The maximum absolute atomic E-state index is 14.4. The highest BCUT2D eigenvalue weighted by molar-refractivity contribution is 7.91. The summed E-state index contributed by atoms with van der Waals surface area (Å²) in [4.78, 5) is 72.8. The molecule has 5 atom stereocenters. The number of amides is 4. The number of allylic oxidation sites excluding steroid dienone is 2. The number of likely N-dealkylation sites (tertiary alicyclic amines) is 1. The van der Waals surface area contributed by atoms with Gasteiger partial charge in [-0.25, -0.2) is 18.2 Å². The Hall–Kier alpha value is -4.99. The fourth-order valence-corrected chi connectivity index (χ4v) is 7.70. The average molecular weight is 726 g/mol. The van der Waals surface area contributed by atoms with Crippen LogP contribution in [-0.4, -0.2) is 95.6 Å². The van der Waals surface area contributed by atoms with Gasteiger partial charge in [0, 0.05) is 23.9 Å². The molecule has 2 heterocycles. The highest BCUT2D eigenvalue weighted by Gasteiger charge is 2.62. The van der Waals surface area contributed by atoms with Crippen molar-refractivity contribution >= 4 is 50.4 Å². The molecule has 0 bridgehead atoms. The number of carbonyl (C=O) groups excluding carboxylic acids is 4. The molecule has 1 aromatic heterocycles. The van der Waals surface area contributed by atoms with Crippen molar-refractivity contribution in [2.45, 2.75) is 82.4 Å². The van der Waals surface area contributed by atoms with Crippen LogP contribution < -0.4 is 24.8 Å². The van der Waals surface area contributed by atoms with Crippen LogP contribution in [0.5, 0.6) is 11.6 Å². The first-order valence-electron chi connectivity index (χ1n) is 16.5. The van der Waals surface area contributed by atoms with Crippen LogP contribution in [0, 0.1) is 11.3 Å². The molecule has 2 saturated carbocycles. The lowest BCUT2D eigenvalue weighted by atomic mass is 9.78. The Bertz CT molecular complexity index is 1920. The Morgan fingerprint density at radius 3 is 2.45 bits per heavy atom. The summed E-state index contributed by atoms with van der Waals surface area (Å²) in [5, 5.41) is 15.3. The molecule has 3 aliphatic rings. The van der Waals surface area contributed by atoms with Gasteiger partial charge in [-0.1, -0.05) is 25.5 Å². The summed E-state index contributed by atoms with van der Waals surface area (Å²) in [5.41, 5.74) is -2.59. The number of nitrogens with one attached hydrogen (secondary N) is 3. The highest BCUT2D eigenvalue weighted by Crippen LogP contribution is 2.45. The zero-order valence-corrected chi connectivity index (χ0v) is 29.9. The predicted molar refractivity (Wildman–Crippen MR) is 185 cm³/mol. The Morgan fingerprint density at radius 2 is 1.86 bits per heavy atom. The molecule has 2 aliphatic carbocycles. The number of carboxylic acid groups (broad SMARTS) is 1. The molecule has 4 N–H and O–H groups in total. The van der Waals surface area contributed by atoms with E-state index in [-0.39, 0.29) is 25.3 Å². The lowest BCUT2D eigenvalue weighted by molar-refractivity contribution is -0.145. The standard InChI is InChI=1S/C35H43N5O10S/c1-7-21-17-35(21,32(44)39-51(47,48)24-9-10-24)38-29(42)26-16-23(50-30-25-11-8-22(49-6)15-20(25)12-13-36-30)18-40(26)31(43)28(37-33(45)46)34(4,5)27(41)14-19(2)3/h7-8,11-15,21,23-24,26,28,37H,1,9-10,16-18H2,2-6H3,(H,38,42)(H,39,44)(H,45,46)/t21-,23-,26+,28-,35-/m1/s1. The quantitative estimate of drug-likeness (QED) is 0.164. The van der Waals surface area contributed by atoms with Crippen molar-refractivity contribution in [3.05, 3.63) is 54.8 Å². The molecule has 274 valence electrons. The fourth-order valence-electron chi connectivity index (χ4n) is 6.33. The van der Waals surface area contributed by atoms with Gasteiger partial charge in [-0.15, -0.1) is 6.58 Å². The van der Waals surface area contributed by atoms with Gasteiger partial charge >= 0.3 is 6.09 Å². The van der Waals surface area contributed by atoms with E-state index in [1.54, 1.807) is 38.1 Å². The first-order chi connectivity index (χ1) is 23.9. The number of pyridine rings is 1. The Morgan fingerprint density at radius 1 is 1.16 bits per heavy atom. The molecule has 16 heteroatoms. The Labute approximate surface area is 295 Å². The van der Waals surface area contributed by atoms with Gasteiger partial charge in [0.05, 0.1) is 24.3 Å². The van der Waals surface area contributed by atoms with E-state index >= 15 is 0 Å². The van der Waals surface area contributed by atoms with Crippen LogP contribution in [0.4, 0.5) is 4.79 Å². The van der Waals surface area contributed by atoms with Crippen LogP contribution in [0.2, 0.25) is 0 Å². The predicted octanol–water partition coefficient (Wildman–Crippen LogP) is 2.46. The van der Waals surface area contributed by atoms with E-state index in [0.717, 1.165) is 10.3 Å². The Balaban J connectivity index is 1.48. The number of ketones is 1. The van der Waals surface area contributed by atoms with Crippen molar-refractivity contribution in [1.29, 1.82) is 0 Å². The van der Waals surface area contributed by atoms with Crippen molar-refractivity contribution < 1.29 is 47.0 Å². The summed E-state index contributed by atoms with van der Waals surface area (Å²) in [5.74, 6) is -2.86. The zero-order chi connectivity index (χ0) is 37.5. The molecular weight excluding hydrogens is 682 g/mol. The van der Waals surface area contributed by atoms with Crippen LogP contribution in [0.1, 0.15) is 53.4 Å². The largest absolute Gasteiger partial charge is 0.497 e. The average Bonchev–Trinajstić information content (AvgIpc) is 3.99. The lowest BCUT2D eigenvalue weighted by Crippen LogP contribution is -2.61. The van der Waals surface area contributed by atoms with E-state index in [1.165, 1.54) is 39.3 Å². The SMILES string of the molecule is C=C[C@@H]1C[C@]1(NC(=O)[C@@H]1C[C@@H](Oc2nccc3cc(OC)ccc23)CN1C(=O)[C@@H](NC(=O)O)C(C)(C)C(=O)C=C(C)C)C(=O)NS(=O)(=O)C1CC1. The van der Waals surface area contributed by atoms with Gasteiger partial charge in [0.1, 0.15) is 29.5 Å². The summed E-state index contributed by atoms with van der Waals surface area (Å²) in [6.45, 7) is 9.74. The third-order valence-corrected chi connectivity index (χ3v) is 11.4. The monoisotopic (exact) mass is 725 g/mol. The maximum atomic E-state index is 14.4. The van der Waals surface area contributed by atoms with Gasteiger partial charge in [0.15, 0.2) is 5.78 Å². The van der Waals surface area contributed by atoms with Gasteiger partial charge < -0.3 is 30.1 Å². The molecular formula is C35H43N5O10S. The van der Waals surface area contributed by atoms with Gasteiger partial charge in [-0.3, -0.25) is 23.9 Å². The van der Waals surface area contributed by atoms with E-state index in [2.05, 4.69) is 26.9 Å². The van der Waals surface area contributed by atoms with E-state index in [1.807, 2.05) is 0 Å². The number of sulfonamides is 1. The first-order valence-corrected chi connectivity index (χ1v) is 18.1. The molecule has 51 heavy (non-hydrogen) atoms. The number of hydrogen-bond acceptors (Lipinski definition) is 10. The summed E-state index contributed by atoms with van der Waals surface area (Å²) in [7, 11) is -2.41. The molecule has 0 radical (unpaired) electrons. The molecule has 1 aliphatic heterocycles. The number of rotatable bonds is 14. The van der Waals surface area contributed by atoms with Crippen LogP contribution in [0.15, 0.2) is 54.8 Å². The van der Waals surface area contributed by atoms with Gasteiger partial charge in [0.2, 0.25) is 27.7 Å². The van der Waals surface area contributed by atoms with Gasteiger partial charge in [0.25, 0.3) is 5.91 Å². The van der Waals surface area contributed by atoms with E-state index in [9.17, 15) is 37.5 Å². The molecule has 0 spiro atoms. The van der Waals surface area contributed by atoms with E-state index in [4.69, 9.17) is 9.47 Å². The number of hydrogen-bond donors (Lipinski definition) is 4. The van der Waals surface area contributed by atoms with Gasteiger partial charge in [-0.2, -0.15) is 0 Å². The number of nitrogens with zero attached hydrogens (tertiary/aromatic N) is 2. The van der Waals surface area contributed by atoms with Crippen molar-refractivity contribution in [2.75, 3.05) is 13.7 Å². The van der Waals surface area contributed by atoms with Crippen molar-refractivity contribution in [2.24, 2.45) is 11.3 Å². The van der Waals surface area contributed by atoms with Crippen LogP contribution in [-0.2, 0) is 29.2 Å². The normalized spacial score (nSPS) is 23.4. The molecule has 1 saturated heterocycles. The highest BCUT2D eigenvalue weighted by atomic mass is 32.2. The fraction of sp³-hybridized carbons (Fsp3) is 0.486. The lowest BCUT2D eigenvalue weighted by Gasteiger charge is -2.35. The maximum Gasteiger partial charge on any atom is 0.405 e. The molecule has 5 rings (SSSR count). The summed E-state index contributed by atoms with van der Waals surface area (Å²) in [6, 6.07) is 4.09. The molecule has 4 amide bonds. The van der Waals surface area contributed by atoms with Crippen LogP contribution in [0.3, 0.4) is 0 Å². The van der Waals surface area contributed by atoms with Crippen molar-refractivity contribution in [1.82, 2.24) is 25.2 Å². The minimum absolute atomic E-state index is 0.0751. The number of aromatic nitrogens is 1. The van der Waals surface area contributed by atoms with E-state index in [0.29, 0.717) is 29.6 Å². The van der Waals surface area contributed by atoms with Crippen LogP contribution >= 0.6 is 0 Å². The number of carbonyl (C=O) groups is 5. The Kier molecular flexibility index (Phi) is 10.2. The number of benzene rings is 1. The van der Waals surface area contributed by atoms with E-state index < -0.39 is 79.9 Å². The third kappa shape index (κ3) is 7.70. The molecule has 15 nitrogen and oxygen atoms in total. The topological polar surface area (TPSA) is 210 Å². The number of methoxy groups -OCH3 is 1. The second-order valence-electron chi connectivity index (χ2n) is 14.1. The molecule has 1 aromatic carbocycles. The number of fused-ring (bicyclic) bond motifs is 1. The zero-order valence-electron chi connectivity index (χ0n) is 29.1. The third-order valence-electron chi connectivity index (χ3n) is 9.60.